The van der Waals surface area contributed by atoms with Gasteiger partial charge in [-0.05, 0) is 31.0 Å². The average molecular weight is 370 g/mol. The first-order chi connectivity index (χ1) is 13.2. The summed E-state index contributed by atoms with van der Waals surface area (Å²) in [5.74, 6) is -0.159. The number of carbonyl (C=O) groups is 2. The molecule has 0 spiro atoms. The van der Waals surface area contributed by atoms with E-state index in [1.807, 2.05) is 39.9 Å². The molecule has 0 saturated carbocycles. The van der Waals surface area contributed by atoms with Gasteiger partial charge < -0.3 is 14.2 Å². The van der Waals surface area contributed by atoms with E-state index < -0.39 is 0 Å². The highest BCUT2D eigenvalue weighted by Gasteiger charge is 2.21. The summed E-state index contributed by atoms with van der Waals surface area (Å²) < 4.78 is 7.00. The first-order valence-corrected chi connectivity index (χ1v) is 9.37. The van der Waals surface area contributed by atoms with Crippen LogP contribution in [-0.2, 0) is 16.1 Å². The number of nitrogens with zero attached hydrogens (tertiary/aromatic N) is 4. The summed E-state index contributed by atoms with van der Waals surface area (Å²) in [4.78, 5) is 32.4. The fourth-order valence-electron chi connectivity index (χ4n) is 3.25. The molecule has 0 aliphatic carbocycles. The van der Waals surface area contributed by atoms with Gasteiger partial charge in [-0.3, -0.25) is 14.5 Å². The maximum Gasteiger partial charge on any atom is 0.320 e. The van der Waals surface area contributed by atoms with Crippen molar-refractivity contribution in [3.63, 3.8) is 0 Å². The normalized spacial score (nSPS) is 15.4. The number of hydrogen-bond donors (Lipinski definition) is 0. The Hall–Kier alpha value is -2.67. The van der Waals surface area contributed by atoms with Crippen LogP contribution in [0.2, 0.25) is 0 Å². The predicted molar refractivity (Wildman–Crippen MR) is 101 cm³/mol. The molecule has 144 valence electrons. The number of imidazole rings is 1. The van der Waals surface area contributed by atoms with Crippen LogP contribution in [0.5, 0.6) is 0 Å². The van der Waals surface area contributed by atoms with Gasteiger partial charge in [0.1, 0.15) is 0 Å². The zero-order chi connectivity index (χ0) is 19.1. The van der Waals surface area contributed by atoms with Gasteiger partial charge >= 0.3 is 5.97 Å². The standard InChI is InChI=1S/C20H26N4O3/c1-2-27-19(25)15-22-9-3-10-24(13-12-22)20(26)18-6-4-17(5-7-18)14-23-11-8-21-16-23/h4-8,11,16H,2-3,9-10,12-15H2,1H3. The lowest BCUT2D eigenvalue weighted by Crippen LogP contribution is -2.37. The lowest BCUT2D eigenvalue weighted by molar-refractivity contribution is -0.144. The fraction of sp³-hybridized carbons (Fsp3) is 0.450. The van der Waals surface area contributed by atoms with E-state index in [9.17, 15) is 9.59 Å². The minimum Gasteiger partial charge on any atom is -0.465 e. The van der Waals surface area contributed by atoms with Crippen LogP contribution in [-0.4, -0.2) is 70.6 Å². The number of aromatic nitrogens is 2. The van der Waals surface area contributed by atoms with Gasteiger partial charge in [0, 0.05) is 50.7 Å². The molecule has 2 aromatic rings. The second-order valence-corrected chi connectivity index (χ2v) is 6.66. The van der Waals surface area contributed by atoms with Crippen LogP contribution in [0.4, 0.5) is 0 Å². The van der Waals surface area contributed by atoms with Crippen molar-refractivity contribution in [2.24, 2.45) is 0 Å². The number of carbonyl (C=O) groups excluding carboxylic acids is 2. The molecule has 3 rings (SSSR count). The van der Waals surface area contributed by atoms with Gasteiger partial charge in [0.05, 0.1) is 19.5 Å². The topological polar surface area (TPSA) is 67.7 Å². The molecule has 0 radical (unpaired) electrons. The monoisotopic (exact) mass is 370 g/mol. The minimum absolute atomic E-state index is 0.0437. The SMILES string of the molecule is CCOC(=O)CN1CCCN(C(=O)c2ccc(Cn3ccnc3)cc2)CC1. The van der Waals surface area contributed by atoms with Gasteiger partial charge in [-0.15, -0.1) is 0 Å². The van der Waals surface area contributed by atoms with Gasteiger partial charge in [-0.25, -0.2) is 4.98 Å². The first-order valence-electron chi connectivity index (χ1n) is 9.37. The molecule has 7 nitrogen and oxygen atoms in total. The van der Waals surface area contributed by atoms with Gasteiger partial charge in [-0.1, -0.05) is 12.1 Å². The molecule has 1 saturated heterocycles. The van der Waals surface area contributed by atoms with Crippen molar-refractivity contribution in [1.29, 1.82) is 0 Å². The van der Waals surface area contributed by atoms with Crippen molar-refractivity contribution in [3.8, 4) is 0 Å². The van der Waals surface area contributed by atoms with Crippen LogP contribution < -0.4 is 0 Å². The molecule has 0 unspecified atom stereocenters. The quantitative estimate of drug-likeness (QED) is 0.723. The maximum absolute atomic E-state index is 12.8. The largest absolute Gasteiger partial charge is 0.465 e. The van der Waals surface area contributed by atoms with Gasteiger partial charge in [-0.2, -0.15) is 0 Å². The molecule has 0 bridgehead atoms. The second-order valence-electron chi connectivity index (χ2n) is 6.66. The molecule has 7 heteroatoms. The summed E-state index contributed by atoms with van der Waals surface area (Å²) >= 11 is 0. The van der Waals surface area contributed by atoms with Gasteiger partial charge in [0.25, 0.3) is 5.91 Å². The van der Waals surface area contributed by atoms with Crippen molar-refractivity contribution < 1.29 is 14.3 Å². The Balaban J connectivity index is 1.55. The predicted octanol–water partition coefficient (Wildman–Crippen LogP) is 1.64. The summed E-state index contributed by atoms with van der Waals surface area (Å²) in [5.41, 5.74) is 1.82. The Morgan fingerprint density at radius 1 is 1.11 bits per heavy atom. The number of hydrogen-bond acceptors (Lipinski definition) is 5. The number of amides is 1. The van der Waals surface area contributed by atoms with E-state index in [-0.39, 0.29) is 11.9 Å². The smallest absolute Gasteiger partial charge is 0.320 e. The molecule has 27 heavy (non-hydrogen) atoms. The molecule has 2 heterocycles. The van der Waals surface area contributed by atoms with E-state index in [1.54, 1.807) is 19.4 Å². The zero-order valence-corrected chi connectivity index (χ0v) is 15.7. The van der Waals surface area contributed by atoms with Crippen molar-refractivity contribution >= 4 is 11.9 Å². The highest BCUT2D eigenvalue weighted by atomic mass is 16.5. The Labute approximate surface area is 159 Å². The molecule has 1 fully saturated rings. The van der Waals surface area contributed by atoms with Crippen molar-refractivity contribution in [2.45, 2.75) is 19.9 Å². The molecule has 1 aliphatic rings. The molecule has 0 atom stereocenters. The fourth-order valence-corrected chi connectivity index (χ4v) is 3.25. The highest BCUT2D eigenvalue weighted by Crippen LogP contribution is 2.12. The van der Waals surface area contributed by atoms with Crippen LogP contribution in [0.25, 0.3) is 0 Å². The van der Waals surface area contributed by atoms with E-state index >= 15 is 0 Å². The summed E-state index contributed by atoms with van der Waals surface area (Å²) in [6.45, 7) is 6.04. The third-order valence-electron chi connectivity index (χ3n) is 4.66. The Morgan fingerprint density at radius 2 is 1.93 bits per heavy atom. The third-order valence-corrected chi connectivity index (χ3v) is 4.66. The summed E-state index contributed by atoms with van der Waals surface area (Å²) in [6.07, 6.45) is 6.29. The zero-order valence-electron chi connectivity index (χ0n) is 15.7. The molecule has 0 N–H and O–H groups in total. The Bertz CT molecular complexity index is 743. The van der Waals surface area contributed by atoms with Crippen LogP contribution in [0.1, 0.15) is 29.3 Å². The lowest BCUT2D eigenvalue weighted by Gasteiger charge is -2.21. The second kappa shape index (κ2) is 9.32. The highest BCUT2D eigenvalue weighted by molar-refractivity contribution is 5.94. The summed E-state index contributed by atoms with van der Waals surface area (Å²) in [5, 5.41) is 0. The van der Waals surface area contributed by atoms with Crippen LogP contribution >= 0.6 is 0 Å². The van der Waals surface area contributed by atoms with E-state index in [4.69, 9.17) is 4.74 Å². The number of esters is 1. The lowest BCUT2D eigenvalue weighted by atomic mass is 10.1. The Kier molecular flexibility index (Phi) is 6.59. The molecule has 1 aliphatic heterocycles. The van der Waals surface area contributed by atoms with Gasteiger partial charge in [0.15, 0.2) is 0 Å². The van der Waals surface area contributed by atoms with Crippen LogP contribution in [0.3, 0.4) is 0 Å². The molecular formula is C20H26N4O3. The molecule has 1 amide bonds. The maximum atomic E-state index is 12.8. The Morgan fingerprint density at radius 3 is 2.63 bits per heavy atom. The molecule has 1 aromatic heterocycles. The minimum atomic E-state index is -0.203. The van der Waals surface area contributed by atoms with E-state index in [2.05, 4.69) is 9.88 Å². The number of rotatable bonds is 6. The van der Waals surface area contributed by atoms with Crippen molar-refractivity contribution in [2.75, 3.05) is 39.3 Å². The van der Waals surface area contributed by atoms with Crippen LogP contribution in [0.15, 0.2) is 43.0 Å². The van der Waals surface area contributed by atoms with Gasteiger partial charge in [0.2, 0.25) is 0 Å². The molecule has 1 aromatic carbocycles. The average Bonchev–Trinajstić information content (AvgIpc) is 3.06. The first kappa shape index (κ1) is 19.1. The number of ether oxygens (including phenoxy) is 1. The summed E-state index contributed by atoms with van der Waals surface area (Å²) in [7, 11) is 0. The number of benzene rings is 1. The molecular weight excluding hydrogens is 344 g/mol. The van der Waals surface area contributed by atoms with E-state index in [1.165, 1.54) is 0 Å². The third kappa shape index (κ3) is 5.40. The summed E-state index contributed by atoms with van der Waals surface area (Å²) in [6, 6.07) is 7.74. The van der Waals surface area contributed by atoms with E-state index in [0.29, 0.717) is 38.3 Å². The van der Waals surface area contributed by atoms with E-state index in [0.717, 1.165) is 25.1 Å². The van der Waals surface area contributed by atoms with Crippen molar-refractivity contribution in [1.82, 2.24) is 19.4 Å². The van der Waals surface area contributed by atoms with Crippen molar-refractivity contribution in [3.05, 3.63) is 54.1 Å². The van der Waals surface area contributed by atoms with Crippen LogP contribution in [0, 0.1) is 0 Å².